The Hall–Kier alpha value is -0.580. The van der Waals surface area contributed by atoms with Gasteiger partial charge in [0.2, 0.25) is 5.91 Å². The molecule has 0 radical (unpaired) electrons. The summed E-state index contributed by atoms with van der Waals surface area (Å²) in [4.78, 5) is 12.7. The summed E-state index contributed by atoms with van der Waals surface area (Å²) < 4.78 is 0.732. The first kappa shape index (κ1) is 13.5. The molecule has 0 saturated heterocycles. The Morgan fingerprint density at radius 1 is 1.62 bits per heavy atom. The van der Waals surface area contributed by atoms with Gasteiger partial charge in [-0.3, -0.25) is 4.79 Å². The second-order valence-electron chi connectivity index (χ2n) is 4.60. The van der Waals surface area contributed by atoms with Gasteiger partial charge in [0.25, 0.3) is 0 Å². The van der Waals surface area contributed by atoms with Gasteiger partial charge in [-0.2, -0.15) is 0 Å². The van der Waals surface area contributed by atoms with Gasteiger partial charge in [-0.15, -0.1) is 11.3 Å². The van der Waals surface area contributed by atoms with E-state index in [9.17, 15) is 4.79 Å². The molecule has 0 saturated carbocycles. The van der Waals surface area contributed by atoms with Crippen LogP contribution in [0.2, 0.25) is 4.34 Å². The Morgan fingerprint density at radius 3 is 2.69 bits per heavy atom. The Morgan fingerprint density at radius 2 is 2.25 bits per heavy atom. The first-order valence-corrected chi connectivity index (χ1v) is 6.31. The lowest BCUT2D eigenvalue weighted by Crippen LogP contribution is -2.39. The van der Waals surface area contributed by atoms with E-state index in [4.69, 9.17) is 17.3 Å². The average Bonchev–Trinajstić information content (AvgIpc) is 2.47. The largest absolute Gasteiger partial charge is 0.349 e. The van der Waals surface area contributed by atoms with Crippen LogP contribution in [0.3, 0.4) is 0 Å². The predicted octanol–water partition coefficient (Wildman–Crippen LogP) is 2.71. The number of carbonyl (C=O) groups is 1. The van der Waals surface area contributed by atoms with Crippen LogP contribution >= 0.6 is 22.9 Å². The number of rotatable bonds is 4. The molecule has 5 heteroatoms. The molecule has 90 valence electrons. The smallest absolute Gasteiger partial charge is 0.222 e. The number of nitrogens with one attached hydrogen (secondary N) is 1. The minimum Gasteiger partial charge on any atom is -0.349 e. The van der Waals surface area contributed by atoms with Crippen molar-refractivity contribution in [3.05, 3.63) is 21.3 Å². The first-order valence-electron chi connectivity index (χ1n) is 5.11. The van der Waals surface area contributed by atoms with Gasteiger partial charge in [0.15, 0.2) is 0 Å². The highest BCUT2D eigenvalue weighted by atomic mass is 35.5. The molecule has 3 N–H and O–H groups in total. The Kier molecular flexibility index (Phi) is 4.35. The molecular formula is C11H17ClN2OS. The third-order valence-corrected chi connectivity index (χ3v) is 3.43. The molecule has 0 fully saturated rings. The number of carbonyl (C=O) groups excluding carboxylic acids is 1. The molecule has 1 rings (SSSR count). The summed E-state index contributed by atoms with van der Waals surface area (Å²) in [5.41, 5.74) is 5.30. The molecular weight excluding hydrogens is 244 g/mol. The lowest BCUT2D eigenvalue weighted by Gasteiger charge is -2.19. The zero-order valence-electron chi connectivity index (χ0n) is 9.71. The molecule has 0 aromatic carbocycles. The third-order valence-electron chi connectivity index (χ3n) is 2.01. The second-order valence-corrected chi connectivity index (χ2v) is 6.34. The van der Waals surface area contributed by atoms with E-state index in [0.29, 0.717) is 6.42 Å². The molecule has 1 atom stereocenters. The van der Waals surface area contributed by atoms with Crippen LogP contribution in [-0.4, -0.2) is 11.4 Å². The fourth-order valence-corrected chi connectivity index (χ4v) is 2.40. The maximum atomic E-state index is 11.6. The standard InChI is InChI=1S/C11H17ClN2OS/c1-7(8-4-5-9(12)16-8)14-10(15)6-11(2,3)13/h4-5,7H,6,13H2,1-3H3,(H,14,15). The normalized spacial score (nSPS) is 13.6. The molecule has 0 aliphatic carbocycles. The van der Waals surface area contributed by atoms with Crippen LogP contribution in [0.1, 0.15) is 38.1 Å². The van der Waals surface area contributed by atoms with E-state index in [0.717, 1.165) is 9.21 Å². The lowest BCUT2D eigenvalue weighted by molar-refractivity contribution is -0.122. The molecule has 1 unspecified atom stereocenters. The summed E-state index contributed by atoms with van der Waals surface area (Å²) >= 11 is 7.31. The van der Waals surface area contributed by atoms with Gasteiger partial charge >= 0.3 is 0 Å². The van der Waals surface area contributed by atoms with Gasteiger partial charge in [0.1, 0.15) is 0 Å². The van der Waals surface area contributed by atoms with Crippen molar-refractivity contribution < 1.29 is 4.79 Å². The van der Waals surface area contributed by atoms with Crippen LogP contribution in [0, 0.1) is 0 Å². The highest BCUT2D eigenvalue weighted by Crippen LogP contribution is 2.26. The topological polar surface area (TPSA) is 55.1 Å². The molecule has 1 amide bonds. The van der Waals surface area contributed by atoms with E-state index in [1.165, 1.54) is 11.3 Å². The van der Waals surface area contributed by atoms with Crippen molar-refractivity contribution in [3.8, 4) is 0 Å². The number of thiophene rings is 1. The van der Waals surface area contributed by atoms with Crippen LogP contribution in [0.25, 0.3) is 0 Å². The van der Waals surface area contributed by atoms with Crippen LogP contribution in [0.4, 0.5) is 0 Å². The van der Waals surface area contributed by atoms with Crippen LogP contribution in [0.15, 0.2) is 12.1 Å². The minimum atomic E-state index is -0.475. The molecule has 0 spiro atoms. The number of amides is 1. The fourth-order valence-electron chi connectivity index (χ4n) is 1.34. The van der Waals surface area contributed by atoms with Gasteiger partial charge < -0.3 is 11.1 Å². The maximum absolute atomic E-state index is 11.6. The fraction of sp³-hybridized carbons (Fsp3) is 0.545. The van der Waals surface area contributed by atoms with Gasteiger partial charge in [-0.25, -0.2) is 0 Å². The van der Waals surface area contributed by atoms with Gasteiger partial charge in [0.05, 0.1) is 10.4 Å². The van der Waals surface area contributed by atoms with Gasteiger partial charge in [-0.05, 0) is 32.9 Å². The maximum Gasteiger partial charge on any atom is 0.222 e. The second kappa shape index (κ2) is 5.17. The lowest BCUT2D eigenvalue weighted by atomic mass is 10.0. The summed E-state index contributed by atoms with van der Waals surface area (Å²) in [6, 6.07) is 3.73. The highest BCUT2D eigenvalue weighted by Gasteiger charge is 2.18. The molecule has 1 aromatic heterocycles. The number of nitrogens with two attached hydrogens (primary N) is 1. The van der Waals surface area contributed by atoms with Crippen molar-refractivity contribution in [3.63, 3.8) is 0 Å². The molecule has 0 aliphatic heterocycles. The molecule has 1 heterocycles. The van der Waals surface area contributed by atoms with E-state index in [-0.39, 0.29) is 11.9 Å². The minimum absolute atomic E-state index is 0.0210. The number of halogens is 1. The zero-order chi connectivity index (χ0) is 12.3. The Bertz CT molecular complexity index is 370. The van der Waals surface area contributed by atoms with E-state index in [2.05, 4.69) is 5.32 Å². The average molecular weight is 261 g/mol. The molecule has 0 bridgehead atoms. The number of hydrogen-bond donors (Lipinski definition) is 2. The van der Waals surface area contributed by atoms with Crippen molar-refractivity contribution in [2.45, 2.75) is 38.8 Å². The van der Waals surface area contributed by atoms with Crippen LogP contribution in [-0.2, 0) is 4.79 Å². The Labute approximate surface area is 105 Å². The summed E-state index contributed by atoms with van der Waals surface area (Å²) in [6.45, 7) is 5.60. The van der Waals surface area contributed by atoms with Gasteiger partial charge in [-0.1, -0.05) is 11.6 Å². The van der Waals surface area contributed by atoms with Crippen molar-refractivity contribution in [2.75, 3.05) is 0 Å². The van der Waals surface area contributed by atoms with E-state index in [1.54, 1.807) is 0 Å². The summed E-state index contributed by atoms with van der Waals surface area (Å²) in [7, 11) is 0. The molecule has 16 heavy (non-hydrogen) atoms. The predicted molar refractivity (Wildman–Crippen MR) is 68.8 cm³/mol. The van der Waals surface area contributed by atoms with Crippen LogP contribution < -0.4 is 11.1 Å². The van der Waals surface area contributed by atoms with Crippen molar-refractivity contribution in [2.24, 2.45) is 5.73 Å². The first-order chi connectivity index (χ1) is 7.28. The monoisotopic (exact) mass is 260 g/mol. The SMILES string of the molecule is CC(NC(=O)CC(C)(C)N)c1ccc(Cl)s1. The van der Waals surface area contributed by atoms with Crippen LogP contribution in [0.5, 0.6) is 0 Å². The van der Waals surface area contributed by atoms with E-state index in [1.807, 2.05) is 32.9 Å². The quantitative estimate of drug-likeness (QED) is 0.875. The van der Waals surface area contributed by atoms with Crippen molar-refractivity contribution in [1.29, 1.82) is 0 Å². The molecule has 3 nitrogen and oxygen atoms in total. The Balaban J connectivity index is 2.52. The summed E-state index contributed by atoms with van der Waals surface area (Å²) in [5.74, 6) is -0.0375. The molecule has 0 aliphatic rings. The van der Waals surface area contributed by atoms with E-state index < -0.39 is 5.54 Å². The highest BCUT2D eigenvalue weighted by molar-refractivity contribution is 7.16. The zero-order valence-corrected chi connectivity index (χ0v) is 11.3. The van der Waals surface area contributed by atoms with Crippen molar-refractivity contribution >= 4 is 28.8 Å². The van der Waals surface area contributed by atoms with E-state index >= 15 is 0 Å². The molecule has 1 aromatic rings. The van der Waals surface area contributed by atoms with Gasteiger partial charge in [0, 0.05) is 16.8 Å². The van der Waals surface area contributed by atoms with Crippen molar-refractivity contribution in [1.82, 2.24) is 5.32 Å². The summed E-state index contributed by atoms with van der Waals surface area (Å²) in [6.07, 6.45) is 0.316. The third kappa shape index (κ3) is 4.51. The summed E-state index contributed by atoms with van der Waals surface area (Å²) in [5, 5.41) is 2.90. The number of hydrogen-bond acceptors (Lipinski definition) is 3.